The van der Waals surface area contributed by atoms with Crippen LogP contribution in [0.1, 0.15) is 29.5 Å². The van der Waals surface area contributed by atoms with E-state index in [1.807, 2.05) is 13.0 Å². The molecule has 134 valence electrons. The van der Waals surface area contributed by atoms with Gasteiger partial charge in [-0.05, 0) is 67.1 Å². The van der Waals surface area contributed by atoms with Crippen LogP contribution in [0.15, 0.2) is 36.4 Å². The lowest BCUT2D eigenvalue weighted by atomic mass is 10.1. The van der Waals surface area contributed by atoms with Gasteiger partial charge in [0.15, 0.2) is 0 Å². The summed E-state index contributed by atoms with van der Waals surface area (Å²) in [5.74, 6) is -1.32. The fourth-order valence-corrected chi connectivity index (χ4v) is 3.83. The van der Waals surface area contributed by atoms with Crippen molar-refractivity contribution < 1.29 is 14.0 Å². The molecule has 0 aromatic heterocycles. The van der Waals surface area contributed by atoms with Gasteiger partial charge in [0.25, 0.3) is 0 Å². The van der Waals surface area contributed by atoms with E-state index in [1.165, 1.54) is 17.2 Å². The van der Waals surface area contributed by atoms with Gasteiger partial charge in [-0.25, -0.2) is 4.39 Å². The summed E-state index contributed by atoms with van der Waals surface area (Å²) in [6, 6.07) is 10.7. The molecule has 4 rings (SSSR count). The van der Waals surface area contributed by atoms with E-state index in [0.717, 1.165) is 30.5 Å². The molecule has 0 saturated carbocycles. The molecular formula is C21H21FN2O2. The van der Waals surface area contributed by atoms with Gasteiger partial charge in [0.2, 0.25) is 11.8 Å². The molecule has 1 atom stereocenters. The van der Waals surface area contributed by atoms with Gasteiger partial charge < -0.3 is 10.2 Å². The first-order valence-corrected chi connectivity index (χ1v) is 9.00. The first-order chi connectivity index (χ1) is 12.5. The summed E-state index contributed by atoms with van der Waals surface area (Å²) in [5.41, 5.74) is 4.53. The Labute approximate surface area is 152 Å². The van der Waals surface area contributed by atoms with Gasteiger partial charge in [0, 0.05) is 18.7 Å². The Morgan fingerprint density at radius 3 is 2.81 bits per heavy atom. The SMILES string of the molecule is Cc1ccc(F)c(NC(=O)C2CC(=O)N(c3ccc4c(c3)CCC4)C2)c1. The maximum absolute atomic E-state index is 13.9. The highest BCUT2D eigenvalue weighted by atomic mass is 19.1. The van der Waals surface area contributed by atoms with Gasteiger partial charge in [-0.2, -0.15) is 0 Å². The minimum atomic E-state index is -0.476. The number of carbonyl (C=O) groups excluding carboxylic acids is 2. The summed E-state index contributed by atoms with van der Waals surface area (Å²) in [6.07, 6.45) is 3.44. The van der Waals surface area contributed by atoms with Gasteiger partial charge in [0.05, 0.1) is 11.6 Å². The largest absolute Gasteiger partial charge is 0.323 e. The number of rotatable bonds is 3. The first-order valence-electron chi connectivity index (χ1n) is 9.00. The Morgan fingerprint density at radius 2 is 1.96 bits per heavy atom. The van der Waals surface area contributed by atoms with Crippen molar-refractivity contribution in [3.8, 4) is 0 Å². The van der Waals surface area contributed by atoms with Crippen molar-refractivity contribution in [2.24, 2.45) is 5.92 Å². The highest BCUT2D eigenvalue weighted by Gasteiger charge is 2.35. The molecule has 1 heterocycles. The van der Waals surface area contributed by atoms with Crippen LogP contribution >= 0.6 is 0 Å². The van der Waals surface area contributed by atoms with E-state index in [9.17, 15) is 14.0 Å². The lowest BCUT2D eigenvalue weighted by molar-refractivity contribution is -0.122. The van der Waals surface area contributed by atoms with Crippen LogP contribution in [0.25, 0.3) is 0 Å². The van der Waals surface area contributed by atoms with Crippen molar-refractivity contribution in [1.82, 2.24) is 0 Å². The molecule has 1 N–H and O–H groups in total. The number of fused-ring (bicyclic) bond motifs is 1. The van der Waals surface area contributed by atoms with Crippen LogP contribution in [0, 0.1) is 18.7 Å². The summed E-state index contributed by atoms with van der Waals surface area (Å²) in [5, 5.41) is 2.63. The predicted octanol–water partition coefficient (Wildman–Crippen LogP) is 3.61. The van der Waals surface area contributed by atoms with Gasteiger partial charge in [-0.3, -0.25) is 9.59 Å². The van der Waals surface area contributed by atoms with E-state index in [-0.39, 0.29) is 23.9 Å². The Bertz CT molecular complexity index is 894. The Hall–Kier alpha value is -2.69. The zero-order valence-corrected chi connectivity index (χ0v) is 14.7. The van der Waals surface area contributed by atoms with E-state index >= 15 is 0 Å². The molecule has 2 amide bonds. The predicted molar refractivity (Wildman–Crippen MR) is 98.7 cm³/mol. The number of benzene rings is 2. The number of carbonyl (C=O) groups is 2. The molecule has 2 aliphatic rings. The number of hydrogen-bond donors (Lipinski definition) is 1. The topological polar surface area (TPSA) is 49.4 Å². The monoisotopic (exact) mass is 352 g/mol. The molecule has 0 spiro atoms. The molecular weight excluding hydrogens is 331 g/mol. The minimum absolute atomic E-state index is 0.0622. The third kappa shape index (κ3) is 3.09. The molecule has 0 bridgehead atoms. The molecule has 1 saturated heterocycles. The zero-order chi connectivity index (χ0) is 18.3. The maximum Gasteiger partial charge on any atom is 0.229 e. The summed E-state index contributed by atoms with van der Waals surface area (Å²) in [4.78, 5) is 26.6. The van der Waals surface area contributed by atoms with E-state index < -0.39 is 11.7 Å². The van der Waals surface area contributed by atoms with Gasteiger partial charge >= 0.3 is 0 Å². The first kappa shape index (κ1) is 16.8. The smallest absolute Gasteiger partial charge is 0.229 e. The lowest BCUT2D eigenvalue weighted by Gasteiger charge is -2.18. The number of nitrogens with zero attached hydrogens (tertiary/aromatic N) is 1. The maximum atomic E-state index is 13.9. The standard InChI is InChI=1S/C21H21FN2O2/c1-13-5-8-18(22)19(9-13)23-21(26)16-11-20(25)24(12-16)17-7-6-14-3-2-4-15(14)10-17/h5-10,16H,2-4,11-12H2,1H3,(H,23,26). The number of anilines is 2. The van der Waals surface area contributed by atoms with E-state index in [4.69, 9.17) is 0 Å². The van der Waals surface area contributed by atoms with Crippen LogP contribution in [0.5, 0.6) is 0 Å². The Kier molecular flexibility index (Phi) is 4.23. The van der Waals surface area contributed by atoms with E-state index in [1.54, 1.807) is 17.0 Å². The Balaban J connectivity index is 1.49. The summed E-state index contributed by atoms with van der Waals surface area (Å²) in [7, 11) is 0. The van der Waals surface area contributed by atoms with Gasteiger partial charge in [-0.1, -0.05) is 12.1 Å². The minimum Gasteiger partial charge on any atom is -0.323 e. The van der Waals surface area contributed by atoms with Crippen molar-refractivity contribution in [2.45, 2.75) is 32.6 Å². The van der Waals surface area contributed by atoms with Crippen LogP contribution in [0.3, 0.4) is 0 Å². The fourth-order valence-electron chi connectivity index (χ4n) is 3.83. The van der Waals surface area contributed by atoms with E-state index in [2.05, 4.69) is 17.4 Å². The molecule has 4 nitrogen and oxygen atoms in total. The number of halogens is 1. The van der Waals surface area contributed by atoms with Crippen LogP contribution in [-0.4, -0.2) is 18.4 Å². The second kappa shape index (κ2) is 6.56. The average Bonchev–Trinajstić information content (AvgIpc) is 3.23. The van der Waals surface area contributed by atoms with Crippen molar-refractivity contribution in [2.75, 3.05) is 16.8 Å². The average molecular weight is 352 g/mol. The van der Waals surface area contributed by atoms with Crippen molar-refractivity contribution in [1.29, 1.82) is 0 Å². The second-order valence-corrected chi connectivity index (χ2v) is 7.18. The number of nitrogens with one attached hydrogen (secondary N) is 1. The lowest BCUT2D eigenvalue weighted by Crippen LogP contribution is -2.28. The molecule has 1 aliphatic carbocycles. The van der Waals surface area contributed by atoms with E-state index in [0.29, 0.717) is 6.54 Å². The van der Waals surface area contributed by atoms with Crippen LogP contribution < -0.4 is 10.2 Å². The highest BCUT2D eigenvalue weighted by molar-refractivity contribution is 6.03. The van der Waals surface area contributed by atoms with Crippen LogP contribution in [0.4, 0.5) is 15.8 Å². The van der Waals surface area contributed by atoms with Gasteiger partial charge in [-0.15, -0.1) is 0 Å². The van der Waals surface area contributed by atoms with Crippen molar-refractivity contribution >= 4 is 23.2 Å². The van der Waals surface area contributed by atoms with Crippen molar-refractivity contribution in [3.63, 3.8) is 0 Å². The normalized spacial score (nSPS) is 18.9. The molecule has 5 heteroatoms. The number of hydrogen-bond acceptors (Lipinski definition) is 2. The van der Waals surface area contributed by atoms with Gasteiger partial charge in [0.1, 0.15) is 5.82 Å². The Morgan fingerprint density at radius 1 is 1.15 bits per heavy atom. The number of amides is 2. The van der Waals surface area contributed by atoms with Crippen LogP contribution in [0.2, 0.25) is 0 Å². The molecule has 1 unspecified atom stereocenters. The third-order valence-corrected chi connectivity index (χ3v) is 5.27. The second-order valence-electron chi connectivity index (χ2n) is 7.18. The molecule has 2 aromatic carbocycles. The summed E-state index contributed by atoms with van der Waals surface area (Å²) >= 11 is 0. The summed E-state index contributed by atoms with van der Waals surface area (Å²) < 4.78 is 13.9. The van der Waals surface area contributed by atoms with Crippen LogP contribution in [-0.2, 0) is 22.4 Å². The third-order valence-electron chi connectivity index (χ3n) is 5.27. The molecule has 1 fully saturated rings. The molecule has 26 heavy (non-hydrogen) atoms. The summed E-state index contributed by atoms with van der Waals surface area (Å²) in [6.45, 7) is 2.17. The molecule has 0 radical (unpaired) electrons. The fraction of sp³-hybridized carbons (Fsp3) is 0.333. The molecule has 2 aromatic rings. The number of aryl methyl sites for hydroxylation is 3. The zero-order valence-electron chi connectivity index (χ0n) is 14.7. The molecule has 1 aliphatic heterocycles. The highest BCUT2D eigenvalue weighted by Crippen LogP contribution is 2.31. The van der Waals surface area contributed by atoms with Crippen molar-refractivity contribution in [3.05, 3.63) is 58.9 Å². The quantitative estimate of drug-likeness (QED) is 0.917.